The van der Waals surface area contributed by atoms with E-state index in [0.717, 1.165) is 5.56 Å². The van der Waals surface area contributed by atoms with Crippen LogP contribution in [0.2, 0.25) is 0 Å². The third-order valence-corrected chi connectivity index (χ3v) is 3.25. The SMILES string of the molecule is N#CCC(=O)NCc1cccc(NC(=O)Cc2ccccc2F)c1. The summed E-state index contributed by atoms with van der Waals surface area (Å²) in [6.45, 7) is 0.261. The van der Waals surface area contributed by atoms with Crippen molar-refractivity contribution >= 4 is 17.5 Å². The fourth-order valence-electron chi connectivity index (χ4n) is 2.11. The summed E-state index contributed by atoms with van der Waals surface area (Å²) in [4.78, 5) is 23.3. The molecule has 0 saturated carbocycles. The maximum atomic E-state index is 13.5. The second-order valence-corrected chi connectivity index (χ2v) is 5.13. The number of hydrogen-bond acceptors (Lipinski definition) is 3. The molecule has 0 aliphatic heterocycles. The van der Waals surface area contributed by atoms with Gasteiger partial charge in [0.1, 0.15) is 12.2 Å². The number of anilines is 1. The molecule has 0 heterocycles. The van der Waals surface area contributed by atoms with Gasteiger partial charge in [-0.1, -0.05) is 30.3 Å². The van der Waals surface area contributed by atoms with Crippen LogP contribution in [0.3, 0.4) is 0 Å². The van der Waals surface area contributed by atoms with Crippen molar-refractivity contribution in [2.75, 3.05) is 5.32 Å². The monoisotopic (exact) mass is 325 g/mol. The van der Waals surface area contributed by atoms with Crippen molar-refractivity contribution in [3.63, 3.8) is 0 Å². The minimum Gasteiger partial charge on any atom is -0.351 e. The lowest BCUT2D eigenvalue weighted by Gasteiger charge is -2.08. The van der Waals surface area contributed by atoms with E-state index in [1.165, 1.54) is 6.07 Å². The standard InChI is InChI=1S/C18H16FN3O2/c19-16-7-2-1-5-14(16)11-18(24)22-15-6-3-4-13(10-15)12-21-17(23)8-9-20/h1-7,10H,8,11-12H2,(H,21,23)(H,22,24). The molecule has 24 heavy (non-hydrogen) atoms. The lowest BCUT2D eigenvalue weighted by atomic mass is 10.1. The van der Waals surface area contributed by atoms with Crippen LogP contribution in [0.1, 0.15) is 17.5 Å². The molecule has 0 aliphatic rings. The third kappa shape index (κ3) is 5.21. The van der Waals surface area contributed by atoms with Gasteiger partial charge in [-0.2, -0.15) is 5.26 Å². The Morgan fingerprint density at radius 3 is 2.62 bits per heavy atom. The molecule has 2 rings (SSSR count). The minimum absolute atomic E-state index is 0.0597. The van der Waals surface area contributed by atoms with Crippen LogP contribution in [0.25, 0.3) is 0 Å². The Bertz CT molecular complexity index is 784. The Balaban J connectivity index is 1.94. The second-order valence-electron chi connectivity index (χ2n) is 5.13. The third-order valence-electron chi connectivity index (χ3n) is 3.25. The van der Waals surface area contributed by atoms with Crippen LogP contribution < -0.4 is 10.6 Å². The molecule has 2 N–H and O–H groups in total. The number of carbonyl (C=O) groups excluding carboxylic acids is 2. The van der Waals surface area contributed by atoms with E-state index in [4.69, 9.17) is 5.26 Å². The highest BCUT2D eigenvalue weighted by Crippen LogP contribution is 2.13. The maximum Gasteiger partial charge on any atom is 0.234 e. The Hall–Kier alpha value is -3.20. The highest BCUT2D eigenvalue weighted by atomic mass is 19.1. The second kappa shape index (κ2) is 8.44. The van der Waals surface area contributed by atoms with Gasteiger partial charge in [0.05, 0.1) is 12.5 Å². The number of nitrogens with zero attached hydrogens (tertiary/aromatic N) is 1. The number of nitriles is 1. The van der Waals surface area contributed by atoms with Crippen LogP contribution in [0.5, 0.6) is 0 Å². The van der Waals surface area contributed by atoms with Crippen molar-refractivity contribution in [2.45, 2.75) is 19.4 Å². The number of amides is 2. The van der Waals surface area contributed by atoms with E-state index in [-0.39, 0.29) is 31.2 Å². The topological polar surface area (TPSA) is 82.0 Å². The minimum atomic E-state index is -0.415. The van der Waals surface area contributed by atoms with Crippen molar-refractivity contribution in [1.29, 1.82) is 5.26 Å². The summed E-state index contributed by atoms with van der Waals surface area (Å²) in [7, 11) is 0. The number of benzene rings is 2. The van der Waals surface area contributed by atoms with E-state index in [0.29, 0.717) is 11.3 Å². The predicted molar refractivity (Wildman–Crippen MR) is 87.3 cm³/mol. The highest BCUT2D eigenvalue weighted by Gasteiger charge is 2.08. The molecule has 0 saturated heterocycles. The normalized spacial score (nSPS) is 9.83. The van der Waals surface area contributed by atoms with E-state index in [2.05, 4.69) is 10.6 Å². The Labute approximate surface area is 139 Å². The first kappa shape index (κ1) is 17.2. The maximum absolute atomic E-state index is 13.5. The molecule has 0 spiro atoms. The number of halogens is 1. The van der Waals surface area contributed by atoms with Crippen molar-refractivity contribution in [3.05, 3.63) is 65.5 Å². The van der Waals surface area contributed by atoms with E-state index in [1.807, 2.05) is 0 Å². The Morgan fingerprint density at radius 1 is 1.08 bits per heavy atom. The first-order valence-corrected chi connectivity index (χ1v) is 7.34. The van der Waals surface area contributed by atoms with Crippen LogP contribution in [0, 0.1) is 17.1 Å². The first-order valence-electron chi connectivity index (χ1n) is 7.34. The molecule has 0 unspecified atom stereocenters. The fraction of sp³-hybridized carbons (Fsp3) is 0.167. The molecular weight excluding hydrogens is 309 g/mol. The molecule has 0 radical (unpaired) electrons. The van der Waals surface area contributed by atoms with Crippen LogP contribution in [0.4, 0.5) is 10.1 Å². The molecule has 5 nitrogen and oxygen atoms in total. The zero-order chi connectivity index (χ0) is 17.4. The number of carbonyl (C=O) groups is 2. The average molecular weight is 325 g/mol. The average Bonchev–Trinajstić information content (AvgIpc) is 2.56. The molecule has 122 valence electrons. The molecule has 2 aromatic rings. The van der Waals surface area contributed by atoms with E-state index >= 15 is 0 Å². The summed E-state index contributed by atoms with van der Waals surface area (Å²) in [5.41, 5.74) is 1.67. The van der Waals surface area contributed by atoms with Gasteiger partial charge in [0, 0.05) is 12.2 Å². The lowest BCUT2D eigenvalue weighted by Crippen LogP contribution is -2.22. The van der Waals surface area contributed by atoms with E-state index < -0.39 is 5.82 Å². The Morgan fingerprint density at radius 2 is 1.88 bits per heavy atom. The summed E-state index contributed by atoms with van der Waals surface area (Å²) >= 11 is 0. The van der Waals surface area contributed by atoms with Gasteiger partial charge in [-0.15, -0.1) is 0 Å². The van der Waals surface area contributed by atoms with E-state index in [1.54, 1.807) is 48.5 Å². The fourth-order valence-corrected chi connectivity index (χ4v) is 2.11. The van der Waals surface area contributed by atoms with Crippen molar-refractivity contribution in [2.24, 2.45) is 0 Å². The van der Waals surface area contributed by atoms with Crippen LogP contribution in [0.15, 0.2) is 48.5 Å². The van der Waals surface area contributed by atoms with Crippen LogP contribution >= 0.6 is 0 Å². The zero-order valence-corrected chi connectivity index (χ0v) is 12.9. The summed E-state index contributed by atoms with van der Waals surface area (Å²) in [6, 6.07) is 14.8. The van der Waals surface area contributed by atoms with Gasteiger partial charge in [-0.3, -0.25) is 9.59 Å². The number of hydrogen-bond donors (Lipinski definition) is 2. The molecular formula is C18H16FN3O2. The predicted octanol–water partition coefficient (Wildman–Crippen LogP) is 2.54. The lowest BCUT2D eigenvalue weighted by molar-refractivity contribution is -0.120. The summed E-state index contributed by atoms with van der Waals surface area (Å²) in [5.74, 6) is -1.10. The van der Waals surface area contributed by atoms with Gasteiger partial charge in [0.25, 0.3) is 0 Å². The van der Waals surface area contributed by atoms with Crippen molar-refractivity contribution < 1.29 is 14.0 Å². The van der Waals surface area contributed by atoms with Gasteiger partial charge in [0.15, 0.2) is 0 Å². The molecule has 0 fully saturated rings. The van der Waals surface area contributed by atoms with Crippen LogP contribution in [-0.4, -0.2) is 11.8 Å². The first-order chi connectivity index (χ1) is 11.6. The van der Waals surface area contributed by atoms with Gasteiger partial charge in [-0.05, 0) is 29.3 Å². The molecule has 2 aromatic carbocycles. The molecule has 2 amide bonds. The summed E-state index contributed by atoms with van der Waals surface area (Å²) < 4.78 is 13.5. The molecule has 0 aromatic heterocycles. The number of rotatable bonds is 6. The molecule has 6 heteroatoms. The largest absolute Gasteiger partial charge is 0.351 e. The van der Waals surface area contributed by atoms with Gasteiger partial charge < -0.3 is 10.6 Å². The zero-order valence-electron chi connectivity index (χ0n) is 12.9. The van der Waals surface area contributed by atoms with Crippen molar-refractivity contribution in [3.8, 4) is 6.07 Å². The smallest absolute Gasteiger partial charge is 0.234 e. The highest BCUT2D eigenvalue weighted by molar-refractivity contribution is 5.92. The summed E-state index contributed by atoms with van der Waals surface area (Å²) in [5, 5.41) is 13.7. The summed E-state index contributed by atoms with van der Waals surface area (Å²) in [6.07, 6.45) is -0.255. The molecule has 0 bridgehead atoms. The van der Waals surface area contributed by atoms with Gasteiger partial charge in [-0.25, -0.2) is 4.39 Å². The van der Waals surface area contributed by atoms with Gasteiger partial charge in [0.2, 0.25) is 11.8 Å². The molecule has 0 atom stereocenters. The van der Waals surface area contributed by atoms with E-state index in [9.17, 15) is 14.0 Å². The quantitative estimate of drug-likeness (QED) is 0.856. The Kier molecular flexibility index (Phi) is 6.03. The number of nitrogens with one attached hydrogen (secondary N) is 2. The van der Waals surface area contributed by atoms with Crippen molar-refractivity contribution in [1.82, 2.24) is 5.32 Å². The molecule has 0 aliphatic carbocycles. The van der Waals surface area contributed by atoms with Gasteiger partial charge >= 0.3 is 0 Å². The van der Waals surface area contributed by atoms with Crippen LogP contribution in [-0.2, 0) is 22.6 Å².